The van der Waals surface area contributed by atoms with Crippen LogP contribution in [-0.4, -0.2) is 30.0 Å². The van der Waals surface area contributed by atoms with Gasteiger partial charge in [-0.05, 0) is 19.4 Å². The molecule has 3 fully saturated rings. The van der Waals surface area contributed by atoms with Crippen LogP contribution in [-0.2, 0) is 36.8 Å². The molecule has 0 saturated carbocycles. The minimum Gasteiger partial charge on any atom is -0.461 e. The molecule has 1 N–H and O–H groups in total. The molecular weight excluding hydrogens is 590 g/mol. The minimum absolute atomic E-state index is 0.102. The molecule has 0 radical (unpaired) electrons. The molecule has 3 unspecified atom stereocenters. The summed E-state index contributed by atoms with van der Waals surface area (Å²) in [5.74, 6) is -2.32. The second-order valence-corrected chi connectivity index (χ2v) is 25.8. The van der Waals surface area contributed by atoms with E-state index in [9.17, 15) is 33.2 Å². The van der Waals surface area contributed by atoms with Crippen LogP contribution >= 0.6 is 28.5 Å². The van der Waals surface area contributed by atoms with Crippen LogP contribution in [0.25, 0.3) is 0 Å². The first-order valence-electron chi connectivity index (χ1n) is 11.6. The standard InChI is InChI=1S/C22H25N3O10P4/c1-13-17(20(26)33-10-6-9-23)18(15-7-5-8-16(11-15)25(27)28)19(14(2)24-13)38(31,36-29)37(30)12-22(3,4)21-34-39(37,32)35-21/h5,7-8,11,18,21,24H,6,10,12H2,1-4H3. The van der Waals surface area contributed by atoms with Crippen LogP contribution in [0, 0.1) is 26.9 Å². The van der Waals surface area contributed by atoms with Crippen molar-refractivity contribution in [2.45, 2.75) is 46.3 Å². The number of nitro benzene ring substituents is 1. The van der Waals surface area contributed by atoms with Crippen LogP contribution in [0.1, 0.15) is 45.6 Å². The number of nitro groups is 1. The summed E-state index contributed by atoms with van der Waals surface area (Å²) in [4.78, 5) is 24.2. The van der Waals surface area contributed by atoms with E-state index in [0.29, 0.717) is 0 Å². The number of carbonyl (C=O) groups is 1. The number of nitrogens with one attached hydrogen (secondary N) is 1. The Hall–Kier alpha value is -2.43. The number of hydrogen-bond acceptors (Lipinski definition) is 12. The maximum atomic E-state index is 14.9. The Kier molecular flexibility index (Phi) is 7.73. The zero-order chi connectivity index (χ0) is 29.0. The molecule has 2 bridgehead atoms. The first-order valence-corrected chi connectivity index (χ1v) is 19.7. The third-order valence-electron chi connectivity index (χ3n) is 6.75. The van der Waals surface area contributed by atoms with E-state index in [1.165, 1.54) is 32.0 Å². The van der Waals surface area contributed by atoms with Gasteiger partial charge in [-0.1, -0.05) is 26.0 Å². The molecule has 208 valence electrons. The molecule has 17 heteroatoms. The molecule has 3 atom stereocenters. The van der Waals surface area contributed by atoms with Crippen molar-refractivity contribution in [2.24, 2.45) is 5.41 Å². The number of non-ortho nitro benzene ring substituents is 1. The van der Waals surface area contributed by atoms with Crippen LogP contribution in [0.5, 0.6) is 0 Å². The second-order valence-electron chi connectivity index (χ2n) is 9.95. The summed E-state index contributed by atoms with van der Waals surface area (Å²) in [6.45, 7) is -3.41. The lowest BCUT2D eigenvalue weighted by molar-refractivity contribution is -0.384. The fourth-order valence-corrected chi connectivity index (χ4v) is 28.0. The van der Waals surface area contributed by atoms with Crippen molar-refractivity contribution < 1.29 is 41.8 Å². The van der Waals surface area contributed by atoms with Gasteiger partial charge in [-0.15, -0.1) is 0 Å². The average molecular weight is 615 g/mol. The van der Waals surface area contributed by atoms with E-state index >= 15 is 0 Å². The Bertz CT molecular complexity index is 1530. The number of nitrogens with zero attached hydrogens (tertiary/aromatic N) is 2. The fraction of sp³-hybridized carbons (Fsp3) is 0.455. The predicted octanol–water partition coefficient (Wildman–Crippen LogP) is 6.61. The van der Waals surface area contributed by atoms with Crippen molar-refractivity contribution in [1.82, 2.24) is 5.32 Å². The van der Waals surface area contributed by atoms with Crippen molar-refractivity contribution >= 4 is 40.1 Å². The molecule has 0 aromatic heterocycles. The Labute approximate surface area is 225 Å². The quantitative estimate of drug-likeness (QED) is 0.108. The number of ether oxygens (including phenoxy) is 1. The Balaban J connectivity index is 1.98. The molecule has 0 spiro atoms. The molecule has 39 heavy (non-hydrogen) atoms. The van der Waals surface area contributed by atoms with Gasteiger partial charge in [0.1, 0.15) is 6.61 Å². The third-order valence-corrected chi connectivity index (χ3v) is 28.9. The zero-order valence-electron chi connectivity index (χ0n) is 21.4. The summed E-state index contributed by atoms with van der Waals surface area (Å²) < 4.78 is 72.1. The number of esters is 1. The summed E-state index contributed by atoms with van der Waals surface area (Å²) in [6, 6.07) is 7.00. The van der Waals surface area contributed by atoms with E-state index in [4.69, 9.17) is 19.0 Å². The number of allylic oxidation sites excluding steroid dienone is 3. The number of hydrogen-bond donors (Lipinski definition) is 1. The Morgan fingerprint density at radius 3 is 2.59 bits per heavy atom. The molecular formula is C22H25N3O10P4. The van der Waals surface area contributed by atoms with Crippen molar-refractivity contribution in [2.75, 3.05) is 12.8 Å². The molecule has 0 amide bonds. The van der Waals surface area contributed by atoms with Gasteiger partial charge in [0.05, 0.1) is 23.0 Å². The van der Waals surface area contributed by atoms with E-state index in [0.717, 1.165) is 6.07 Å². The van der Waals surface area contributed by atoms with Gasteiger partial charge in [-0.25, -0.2) is 4.79 Å². The van der Waals surface area contributed by atoms with Gasteiger partial charge < -0.3 is 14.6 Å². The van der Waals surface area contributed by atoms with Gasteiger partial charge in [0.15, 0.2) is 6.29 Å². The fourth-order valence-electron chi connectivity index (χ4n) is 4.94. The maximum absolute atomic E-state index is 14.9. The first kappa shape index (κ1) is 29.6. The van der Waals surface area contributed by atoms with Gasteiger partial charge in [0, 0.05) is 46.3 Å². The van der Waals surface area contributed by atoms with E-state index < -0.39 is 57.0 Å². The molecule has 4 heterocycles. The lowest BCUT2D eigenvalue weighted by Crippen LogP contribution is -2.46. The highest BCUT2D eigenvalue weighted by Crippen LogP contribution is 3.11. The van der Waals surface area contributed by atoms with Gasteiger partial charge in [0.25, 0.3) is 18.7 Å². The van der Waals surface area contributed by atoms with E-state index in [1.54, 1.807) is 13.8 Å². The van der Waals surface area contributed by atoms with Gasteiger partial charge in [0.2, 0.25) is 8.15 Å². The first-order chi connectivity index (χ1) is 18.2. The predicted molar refractivity (Wildman–Crippen MR) is 141 cm³/mol. The number of fused-ring (bicyclic) bond motifs is 2. The summed E-state index contributed by atoms with van der Waals surface area (Å²) in [6.07, 6.45) is -1.42. The molecule has 1 aromatic rings. The summed E-state index contributed by atoms with van der Waals surface area (Å²) in [7, 11) is -5.57. The number of nitriles is 1. The molecule has 13 nitrogen and oxygen atoms in total. The van der Waals surface area contributed by atoms with Crippen LogP contribution in [0.4, 0.5) is 5.69 Å². The van der Waals surface area contributed by atoms with E-state index in [1.807, 2.05) is 6.07 Å². The Morgan fingerprint density at radius 1 is 1.33 bits per heavy atom. The number of dihydropyridines is 1. The van der Waals surface area contributed by atoms with Gasteiger partial charge in [-0.2, -0.15) is 5.26 Å². The maximum Gasteiger partial charge on any atom is 0.398 e. The van der Waals surface area contributed by atoms with E-state index in [-0.39, 0.29) is 52.7 Å². The second kappa shape index (κ2) is 10.2. The topological polar surface area (TPSA) is 192 Å². The Morgan fingerprint density at radius 2 is 2.00 bits per heavy atom. The summed E-state index contributed by atoms with van der Waals surface area (Å²) in [5.41, 5.74) is -1.04. The van der Waals surface area contributed by atoms with Crippen LogP contribution in [0.15, 0.2) is 46.5 Å². The molecule has 5 rings (SSSR count). The number of carbonyl (C=O) groups excluding carboxylic acids is 1. The lowest BCUT2D eigenvalue weighted by Gasteiger charge is -2.53. The largest absolute Gasteiger partial charge is 0.461 e. The minimum atomic E-state index is -4.77. The highest BCUT2D eigenvalue weighted by atomic mass is 32.7. The highest BCUT2D eigenvalue weighted by molar-refractivity contribution is 8.78. The summed E-state index contributed by atoms with van der Waals surface area (Å²) in [5, 5.41) is 23.1. The lowest BCUT2D eigenvalue weighted by atomic mass is 9.86. The van der Waals surface area contributed by atoms with Gasteiger partial charge in [-0.3, -0.25) is 32.9 Å². The molecule has 1 aromatic carbocycles. The van der Waals surface area contributed by atoms with Crippen molar-refractivity contribution in [3.8, 4) is 6.07 Å². The number of benzene rings is 1. The van der Waals surface area contributed by atoms with E-state index in [2.05, 4.69) is 5.32 Å². The van der Waals surface area contributed by atoms with Crippen LogP contribution < -0.4 is 5.32 Å². The third kappa shape index (κ3) is 4.58. The molecule has 4 aliphatic heterocycles. The number of rotatable bonds is 8. The highest BCUT2D eigenvalue weighted by Gasteiger charge is 2.75. The average Bonchev–Trinajstić information content (AvgIpc) is 2.84. The summed E-state index contributed by atoms with van der Waals surface area (Å²) >= 11 is 0. The molecule has 4 aliphatic rings. The van der Waals surface area contributed by atoms with Gasteiger partial charge >= 0.3 is 13.3 Å². The SMILES string of the molecule is CC1=C(C(=O)OCCC#N)C(c2cccc([N+](=O)[O-])c2)C(P(=O)(P=O)P2(=O)CC(C)(C)C3OP2(=O)O3)=C(C)N1. The zero-order valence-corrected chi connectivity index (χ0v) is 24.9. The van der Waals surface area contributed by atoms with Crippen molar-refractivity contribution in [3.63, 3.8) is 0 Å². The van der Waals surface area contributed by atoms with Crippen molar-refractivity contribution in [1.29, 1.82) is 5.26 Å². The molecule has 3 saturated heterocycles. The normalized spacial score (nSPS) is 30.9. The molecule has 0 aliphatic carbocycles. The van der Waals surface area contributed by atoms with Crippen LogP contribution in [0.3, 0.4) is 0 Å². The smallest absolute Gasteiger partial charge is 0.398 e. The monoisotopic (exact) mass is 615 g/mol. The van der Waals surface area contributed by atoms with Crippen molar-refractivity contribution in [3.05, 3.63) is 62.2 Å². The van der Waals surface area contributed by atoms with Crippen LogP contribution in [0.2, 0.25) is 0 Å².